The van der Waals surface area contributed by atoms with Crippen LogP contribution in [0, 0.1) is 5.92 Å². The number of rotatable bonds is 7. The number of hydrogen-bond donors (Lipinski definition) is 0. The molecule has 0 bridgehead atoms. The second-order valence-electron chi connectivity index (χ2n) is 6.90. The molecule has 0 atom stereocenters. The largest absolute Gasteiger partial charge is 0.460 e. The molecule has 0 saturated heterocycles. The highest BCUT2D eigenvalue weighted by Gasteiger charge is 2.95. The van der Waals surface area contributed by atoms with Crippen LogP contribution in [0.4, 0.5) is 74.6 Å². The molecular weight excluding hydrogens is 491 g/mol. The average molecular weight is 502 g/mol. The van der Waals surface area contributed by atoms with Crippen molar-refractivity contribution < 1.29 is 74.6 Å². The molecule has 1 fully saturated rings. The molecule has 17 heteroatoms. The van der Waals surface area contributed by atoms with Crippen molar-refractivity contribution in [2.45, 2.75) is 79.7 Å². The lowest BCUT2D eigenvalue weighted by atomic mass is 9.79. The Kier molecular flexibility index (Phi) is 6.66. The SMILES string of the molecule is FC(F)(F)C(F)(F)C(F)(F)C(F)(F)C(F)(F)C(F)(F)C(F)(F)C(F)(F)C1CCCCC1. The Balaban J connectivity index is 3.57. The van der Waals surface area contributed by atoms with Gasteiger partial charge in [-0.1, -0.05) is 19.3 Å². The lowest BCUT2D eigenvalue weighted by Gasteiger charge is -2.44. The third-order valence-corrected chi connectivity index (χ3v) is 4.86. The van der Waals surface area contributed by atoms with Crippen molar-refractivity contribution in [3.63, 3.8) is 0 Å². The first-order valence-electron chi connectivity index (χ1n) is 8.07. The fraction of sp³-hybridized carbons (Fsp3) is 1.00. The van der Waals surface area contributed by atoms with Gasteiger partial charge in [-0.3, -0.25) is 0 Å². The third-order valence-electron chi connectivity index (χ3n) is 4.86. The molecular formula is C14H11F17. The summed E-state index contributed by atoms with van der Waals surface area (Å²) in [5.74, 6) is -58.4. The van der Waals surface area contributed by atoms with Crippen LogP contribution in [0.1, 0.15) is 32.1 Å². The maximum Gasteiger partial charge on any atom is 0.460 e. The van der Waals surface area contributed by atoms with E-state index in [-0.39, 0.29) is 19.3 Å². The topological polar surface area (TPSA) is 0 Å². The molecule has 31 heavy (non-hydrogen) atoms. The van der Waals surface area contributed by atoms with E-state index in [9.17, 15) is 74.6 Å². The molecule has 1 aliphatic rings. The van der Waals surface area contributed by atoms with Crippen molar-refractivity contribution in [2.24, 2.45) is 5.92 Å². The fourth-order valence-corrected chi connectivity index (χ4v) is 2.90. The van der Waals surface area contributed by atoms with Gasteiger partial charge in [0.2, 0.25) is 0 Å². The quantitative estimate of drug-likeness (QED) is 0.315. The van der Waals surface area contributed by atoms with E-state index in [0.29, 0.717) is 0 Å². The van der Waals surface area contributed by atoms with Crippen molar-refractivity contribution in [3.05, 3.63) is 0 Å². The van der Waals surface area contributed by atoms with E-state index in [1.54, 1.807) is 0 Å². The zero-order valence-electron chi connectivity index (χ0n) is 14.5. The van der Waals surface area contributed by atoms with Crippen LogP contribution in [0.2, 0.25) is 0 Å². The summed E-state index contributed by atoms with van der Waals surface area (Å²) < 4.78 is 223. The summed E-state index contributed by atoms with van der Waals surface area (Å²) in [6.45, 7) is 0. The molecule has 0 aromatic carbocycles. The second-order valence-corrected chi connectivity index (χ2v) is 6.90. The third kappa shape index (κ3) is 3.60. The van der Waals surface area contributed by atoms with Crippen molar-refractivity contribution in [1.29, 1.82) is 0 Å². The van der Waals surface area contributed by atoms with E-state index in [1.165, 1.54) is 0 Å². The van der Waals surface area contributed by atoms with Gasteiger partial charge in [-0.2, -0.15) is 74.6 Å². The molecule has 186 valence electrons. The summed E-state index contributed by atoms with van der Waals surface area (Å²) in [6.07, 6.45) is -10.2. The number of alkyl halides is 17. The summed E-state index contributed by atoms with van der Waals surface area (Å²) in [5, 5.41) is 0. The van der Waals surface area contributed by atoms with Crippen LogP contribution in [0.5, 0.6) is 0 Å². The zero-order valence-corrected chi connectivity index (χ0v) is 14.5. The van der Waals surface area contributed by atoms with E-state index in [0.717, 1.165) is 0 Å². The van der Waals surface area contributed by atoms with Gasteiger partial charge < -0.3 is 0 Å². The Morgan fingerprint density at radius 1 is 0.355 bits per heavy atom. The molecule has 0 unspecified atom stereocenters. The van der Waals surface area contributed by atoms with Crippen LogP contribution in [0.15, 0.2) is 0 Å². The van der Waals surface area contributed by atoms with Crippen LogP contribution in [0.25, 0.3) is 0 Å². The molecule has 0 spiro atoms. The van der Waals surface area contributed by atoms with Crippen molar-refractivity contribution in [3.8, 4) is 0 Å². The standard InChI is InChI=1S/C14H11F17/c15-7(16,6-4-2-1-3-5-6)8(17,18)9(19,20)10(21,22)11(23,24)12(25,26)13(27,28)14(29,30)31/h6H,1-5H2. The molecule has 0 radical (unpaired) electrons. The van der Waals surface area contributed by atoms with Gasteiger partial charge in [0.05, 0.1) is 0 Å². The van der Waals surface area contributed by atoms with E-state index in [1.807, 2.05) is 0 Å². The van der Waals surface area contributed by atoms with Gasteiger partial charge in [0.1, 0.15) is 0 Å². The Morgan fingerprint density at radius 2 is 0.645 bits per heavy atom. The summed E-state index contributed by atoms with van der Waals surface area (Å²) >= 11 is 0. The number of halogens is 17. The Labute approximate surface area is 161 Å². The van der Waals surface area contributed by atoms with Gasteiger partial charge in [-0.25, -0.2) is 0 Å². The first-order valence-corrected chi connectivity index (χ1v) is 8.07. The van der Waals surface area contributed by atoms with Gasteiger partial charge in [-0.05, 0) is 12.8 Å². The van der Waals surface area contributed by atoms with Crippen LogP contribution in [-0.2, 0) is 0 Å². The predicted octanol–water partition coefficient (Wildman–Crippen LogP) is 7.58. The molecule has 1 aliphatic carbocycles. The normalized spacial score (nSPS) is 19.6. The summed E-state index contributed by atoms with van der Waals surface area (Å²) in [5.41, 5.74) is 0. The molecule has 0 nitrogen and oxygen atoms in total. The van der Waals surface area contributed by atoms with Crippen molar-refractivity contribution in [1.82, 2.24) is 0 Å². The summed E-state index contributed by atoms with van der Waals surface area (Å²) in [6, 6.07) is 0. The van der Waals surface area contributed by atoms with Crippen LogP contribution in [0.3, 0.4) is 0 Å². The highest BCUT2D eigenvalue weighted by molar-refractivity contribution is 5.15. The maximum atomic E-state index is 13.9. The Bertz CT molecular complexity index is 638. The zero-order chi connectivity index (χ0) is 25.1. The van der Waals surface area contributed by atoms with Crippen LogP contribution < -0.4 is 0 Å². The lowest BCUT2D eigenvalue weighted by molar-refractivity contribution is -0.463. The molecule has 0 N–H and O–H groups in total. The molecule has 0 aromatic rings. The number of hydrogen-bond acceptors (Lipinski definition) is 0. The highest BCUT2D eigenvalue weighted by Crippen LogP contribution is 2.65. The van der Waals surface area contributed by atoms with Gasteiger partial charge in [0.15, 0.2) is 0 Å². The molecule has 0 amide bonds. The fourth-order valence-electron chi connectivity index (χ4n) is 2.90. The summed E-state index contributed by atoms with van der Waals surface area (Å²) in [7, 11) is 0. The molecule has 0 aliphatic heterocycles. The summed E-state index contributed by atoms with van der Waals surface area (Å²) in [4.78, 5) is 0. The van der Waals surface area contributed by atoms with E-state index < -0.39 is 66.4 Å². The van der Waals surface area contributed by atoms with E-state index in [4.69, 9.17) is 0 Å². The smallest absolute Gasteiger partial charge is 0.199 e. The first-order chi connectivity index (χ1) is 13.4. The first kappa shape index (κ1) is 27.8. The predicted molar refractivity (Wildman–Crippen MR) is 67.3 cm³/mol. The minimum absolute atomic E-state index is 0.113. The molecule has 0 heterocycles. The molecule has 0 aromatic heterocycles. The van der Waals surface area contributed by atoms with E-state index in [2.05, 4.69) is 0 Å². The van der Waals surface area contributed by atoms with Crippen molar-refractivity contribution >= 4 is 0 Å². The van der Waals surface area contributed by atoms with Gasteiger partial charge in [0.25, 0.3) is 0 Å². The second kappa shape index (κ2) is 7.42. The molecule has 1 saturated carbocycles. The van der Waals surface area contributed by atoms with Gasteiger partial charge >= 0.3 is 47.6 Å². The minimum Gasteiger partial charge on any atom is -0.199 e. The molecule has 1 rings (SSSR count). The Morgan fingerprint density at radius 3 is 0.968 bits per heavy atom. The Hall–Kier alpha value is -1.19. The van der Waals surface area contributed by atoms with Crippen LogP contribution >= 0.6 is 0 Å². The maximum absolute atomic E-state index is 13.9. The minimum atomic E-state index is -8.56. The van der Waals surface area contributed by atoms with Crippen LogP contribution in [-0.4, -0.2) is 47.6 Å². The van der Waals surface area contributed by atoms with Crippen molar-refractivity contribution in [2.75, 3.05) is 0 Å². The lowest BCUT2D eigenvalue weighted by Crippen LogP contribution is -2.74. The van der Waals surface area contributed by atoms with E-state index >= 15 is 0 Å². The monoisotopic (exact) mass is 502 g/mol. The average Bonchev–Trinajstić information content (AvgIpc) is 2.60. The highest BCUT2D eigenvalue weighted by atomic mass is 19.4. The van der Waals surface area contributed by atoms with Gasteiger partial charge in [-0.15, -0.1) is 0 Å². The van der Waals surface area contributed by atoms with Gasteiger partial charge in [0, 0.05) is 5.92 Å².